The monoisotopic (exact) mass is 558 g/mol. The van der Waals surface area contributed by atoms with E-state index >= 15 is 0 Å². The van der Waals surface area contributed by atoms with Gasteiger partial charge in [0, 0.05) is 24.2 Å². The fourth-order valence-electron chi connectivity index (χ4n) is 4.74. The van der Waals surface area contributed by atoms with Gasteiger partial charge < -0.3 is 14.4 Å². The molecule has 0 saturated heterocycles. The summed E-state index contributed by atoms with van der Waals surface area (Å²) in [7, 11) is 1.99. The highest BCUT2D eigenvalue weighted by Gasteiger charge is 2.15. The van der Waals surface area contributed by atoms with Crippen LogP contribution in [0.3, 0.4) is 0 Å². The van der Waals surface area contributed by atoms with E-state index in [-0.39, 0.29) is 12.3 Å². The number of ether oxygens (including phenoxy) is 2. The first-order chi connectivity index (χ1) is 20.4. The molecule has 5 rings (SSSR count). The molecule has 0 amide bonds. The van der Waals surface area contributed by atoms with Crippen LogP contribution in [0.15, 0.2) is 95.9 Å². The zero-order chi connectivity index (χ0) is 29.5. The van der Waals surface area contributed by atoms with Crippen molar-refractivity contribution in [3.8, 4) is 35.1 Å². The Labute approximate surface area is 246 Å². The molecule has 42 heavy (non-hydrogen) atoms. The van der Waals surface area contributed by atoms with Crippen LogP contribution in [-0.4, -0.2) is 41.3 Å². The Bertz CT molecular complexity index is 1740. The van der Waals surface area contributed by atoms with Crippen molar-refractivity contribution in [2.24, 2.45) is 0 Å². The number of fused-ring (bicyclic) bond motifs is 1. The minimum Gasteiger partial charge on any atom is -0.492 e. The summed E-state index contributed by atoms with van der Waals surface area (Å²) < 4.78 is 13.3. The van der Waals surface area contributed by atoms with E-state index < -0.39 is 0 Å². The summed E-state index contributed by atoms with van der Waals surface area (Å²) in [6, 6.07) is 27.4. The molecule has 0 fully saturated rings. The number of rotatable bonds is 11. The highest BCUT2D eigenvalue weighted by Crippen LogP contribution is 2.30. The molecule has 0 unspecified atom stereocenters. The average molecular weight is 559 g/mol. The number of hydrogen-bond acceptors (Lipinski definition) is 6. The van der Waals surface area contributed by atoms with Gasteiger partial charge in [-0.2, -0.15) is 4.98 Å². The molecule has 2 aromatic heterocycles. The maximum Gasteiger partial charge on any atom is 0.348 e. The lowest BCUT2D eigenvalue weighted by molar-refractivity contribution is 0.325. The van der Waals surface area contributed by atoms with E-state index in [0.29, 0.717) is 37.1 Å². The number of hydrogen-bond donors (Lipinski definition) is 0. The Kier molecular flexibility index (Phi) is 8.84. The summed E-state index contributed by atoms with van der Waals surface area (Å²) in [6.45, 7) is 6.04. The van der Waals surface area contributed by atoms with E-state index in [4.69, 9.17) is 15.9 Å². The van der Waals surface area contributed by atoms with Crippen LogP contribution in [0.2, 0.25) is 0 Å². The first kappa shape index (κ1) is 28.4. The second kappa shape index (κ2) is 13.0. The standard InChI is InChI=1S/C35H34N4O3/c1-5-21-41-30-17-18-32-31(23-30)34(28-13-11-27(12-14-28)25(2)3)37-35(40)39(32)24-26-9-15-29(16-10-26)42-22-20-38(4)33-8-6-7-19-36-33/h1,6-19,23,25H,20-22,24H2,2-4H3. The predicted molar refractivity (Wildman–Crippen MR) is 168 cm³/mol. The molecule has 7 nitrogen and oxygen atoms in total. The smallest absolute Gasteiger partial charge is 0.348 e. The lowest BCUT2D eigenvalue weighted by atomic mass is 9.99. The van der Waals surface area contributed by atoms with Crippen LogP contribution in [0.1, 0.15) is 30.9 Å². The lowest BCUT2D eigenvalue weighted by Gasteiger charge is -2.18. The van der Waals surface area contributed by atoms with Crippen LogP contribution < -0.4 is 20.1 Å². The molecule has 0 bridgehead atoms. The van der Waals surface area contributed by atoms with E-state index in [1.807, 2.05) is 84.7 Å². The van der Waals surface area contributed by atoms with E-state index in [1.165, 1.54) is 5.56 Å². The molecule has 0 spiro atoms. The molecular weight excluding hydrogens is 524 g/mol. The van der Waals surface area contributed by atoms with E-state index in [9.17, 15) is 4.79 Å². The van der Waals surface area contributed by atoms with Gasteiger partial charge >= 0.3 is 5.69 Å². The molecule has 212 valence electrons. The first-order valence-corrected chi connectivity index (χ1v) is 14.0. The van der Waals surface area contributed by atoms with Crippen LogP contribution in [0.25, 0.3) is 22.2 Å². The summed E-state index contributed by atoms with van der Waals surface area (Å²) in [4.78, 5) is 24.4. The molecule has 3 aromatic carbocycles. The van der Waals surface area contributed by atoms with Gasteiger partial charge in [0.15, 0.2) is 0 Å². The SMILES string of the molecule is C#CCOc1ccc2c(c1)c(-c1ccc(C(C)C)cc1)nc(=O)n2Cc1ccc(OCCN(C)c2ccccn2)cc1. The van der Waals surface area contributed by atoms with Crippen molar-refractivity contribution in [2.75, 3.05) is 31.7 Å². The first-order valence-electron chi connectivity index (χ1n) is 14.0. The number of terminal acetylenes is 1. The van der Waals surface area contributed by atoms with Crippen molar-refractivity contribution in [2.45, 2.75) is 26.3 Å². The quantitative estimate of drug-likeness (QED) is 0.181. The van der Waals surface area contributed by atoms with E-state index in [0.717, 1.165) is 33.6 Å². The van der Waals surface area contributed by atoms with Gasteiger partial charge in [0.1, 0.15) is 30.5 Å². The predicted octanol–water partition coefficient (Wildman–Crippen LogP) is 6.16. The zero-order valence-corrected chi connectivity index (χ0v) is 24.2. The average Bonchev–Trinajstić information content (AvgIpc) is 3.02. The molecule has 0 aliphatic heterocycles. The molecule has 0 radical (unpaired) electrons. The summed E-state index contributed by atoms with van der Waals surface area (Å²) >= 11 is 0. The molecular formula is C35H34N4O3. The summed E-state index contributed by atoms with van der Waals surface area (Å²) in [6.07, 6.45) is 7.18. The third-order valence-corrected chi connectivity index (χ3v) is 7.13. The Hall–Kier alpha value is -5.09. The Morgan fingerprint density at radius 1 is 0.952 bits per heavy atom. The summed E-state index contributed by atoms with van der Waals surface area (Å²) in [5.74, 6) is 5.20. The van der Waals surface area contributed by atoms with Crippen LogP contribution >= 0.6 is 0 Å². The Morgan fingerprint density at radius 3 is 2.40 bits per heavy atom. The van der Waals surface area contributed by atoms with Crippen LogP contribution in [0.5, 0.6) is 11.5 Å². The minimum atomic E-state index is -0.319. The second-order valence-electron chi connectivity index (χ2n) is 10.4. The molecule has 0 N–H and O–H groups in total. The highest BCUT2D eigenvalue weighted by atomic mass is 16.5. The topological polar surface area (TPSA) is 69.5 Å². The number of benzene rings is 3. The van der Waals surface area contributed by atoms with Crippen molar-refractivity contribution in [3.63, 3.8) is 0 Å². The van der Waals surface area contributed by atoms with Gasteiger partial charge in [-0.15, -0.1) is 6.42 Å². The number of anilines is 1. The van der Waals surface area contributed by atoms with Crippen molar-refractivity contribution < 1.29 is 9.47 Å². The van der Waals surface area contributed by atoms with E-state index in [1.54, 1.807) is 10.8 Å². The van der Waals surface area contributed by atoms with Gasteiger partial charge in [-0.1, -0.05) is 62.2 Å². The molecule has 2 heterocycles. The zero-order valence-electron chi connectivity index (χ0n) is 24.2. The van der Waals surface area contributed by atoms with Crippen molar-refractivity contribution >= 4 is 16.7 Å². The van der Waals surface area contributed by atoms with Crippen molar-refractivity contribution in [3.05, 3.63) is 113 Å². The maximum atomic E-state index is 13.4. The van der Waals surface area contributed by atoms with Gasteiger partial charge in [-0.3, -0.25) is 4.57 Å². The number of aromatic nitrogens is 3. The largest absolute Gasteiger partial charge is 0.492 e. The Morgan fingerprint density at radius 2 is 1.71 bits per heavy atom. The van der Waals surface area contributed by atoms with Gasteiger partial charge in [-0.05, 0) is 59.5 Å². The number of pyridine rings is 1. The fraction of sp³-hybridized carbons (Fsp3) is 0.229. The molecule has 7 heteroatoms. The van der Waals surface area contributed by atoms with Crippen LogP contribution in [0.4, 0.5) is 5.82 Å². The third kappa shape index (κ3) is 6.61. The summed E-state index contributed by atoms with van der Waals surface area (Å²) in [5.41, 5.74) is 4.12. The van der Waals surface area contributed by atoms with Gasteiger partial charge in [0.25, 0.3) is 0 Å². The Balaban J connectivity index is 1.38. The maximum absolute atomic E-state index is 13.4. The van der Waals surface area contributed by atoms with E-state index in [2.05, 4.69) is 41.9 Å². The van der Waals surface area contributed by atoms with Gasteiger partial charge in [-0.25, -0.2) is 9.78 Å². The molecule has 0 aliphatic rings. The van der Waals surface area contributed by atoms with Crippen molar-refractivity contribution in [1.29, 1.82) is 0 Å². The summed E-state index contributed by atoms with van der Waals surface area (Å²) in [5, 5.41) is 0.818. The number of nitrogens with zero attached hydrogens (tertiary/aromatic N) is 4. The number of likely N-dealkylation sites (N-methyl/N-ethyl adjacent to an activating group) is 1. The molecule has 0 atom stereocenters. The van der Waals surface area contributed by atoms with Gasteiger partial charge in [0.2, 0.25) is 0 Å². The van der Waals surface area contributed by atoms with Crippen LogP contribution in [0, 0.1) is 12.3 Å². The fourth-order valence-corrected chi connectivity index (χ4v) is 4.74. The molecule has 5 aromatic rings. The van der Waals surface area contributed by atoms with Crippen molar-refractivity contribution in [1.82, 2.24) is 14.5 Å². The normalized spacial score (nSPS) is 10.9. The van der Waals surface area contributed by atoms with Crippen LogP contribution in [-0.2, 0) is 6.54 Å². The second-order valence-corrected chi connectivity index (χ2v) is 10.4. The van der Waals surface area contributed by atoms with Gasteiger partial charge in [0.05, 0.1) is 24.3 Å². The third-order valence-electron chi connectivity index (χ3n) is 7.13. The molecule has 0 saturated carbocycles. The minimum absolute atomic E-state index is 0.158. The lowest BCUT2D eigenvalue weighted by Crippen LogP contribution is -2.25. The highest BCUT2D eigenvalue weighted by molar-refractivity contribution is 5.93. The molecule has 0 aliphatic carbocycles.